The predicted molar refractivity (Wildman–Crippen MR) is 116 cm³/mol. The van der Waals surface area contributed by atoms with Crippen LogP contribution >= 0.6 is 0 Å². The van der Waals surface area contributed by atoms with Gasteiger partial charge in [-0.25, -0.2) is 0 Å². The molecule has 0 radical (unpaired) electrons. The Kier molecular flexibility index (Phi) is 5.46. The first-order chi connectivity index (χ1) is 14.2. The number of nitrogens with one attached hydrogen (secondary N) is 1. The van der Waals surface area contributed by atoms with Gasteiger partial charge in [0.1, 0.15) is 5.75 Å². The van der Waals surface area contributed by atoms with Crippen LogP contribution in [-0.2, 0) is 0 Å². The predicted octanol–water partition coefficient (Wildman–Crippen LogP) is 3.57. The molecule has 2 heterocycles. The number of benzene rings is 2. The average molecular weight is 390 g/mol. The van der Waals surface area contributed by atoms with E-state index in [1.165, 1.54) is 16.8 Å². The molecule has 3 aromatic rings. The van der Waals surface area contributed by atoms with Crippen molar-refractivity contribution >= 4 is 23.1 Å². The molecular formula is C22H26N6O. The average Bonchev–Trinajstić information content (AvgIpc) is 2.76. The van der Waals surface area contributed by atoms with Crippen LogP contribution in [0.4, 0.5) is 23.1 Å². The van der Waals surface area contributed by atoms with Gasteiger partial charge >= 0.3 is 0 Å². The molecule has 7 heteroatoms. The minimum atomic E-state index is 0.462. The van der Waals surface area contributed by atoms with Gasteiger partial charge in [-0.1, -0.05) is 24.3 Å². The molecule has 1 saturated heterocycles. The molecule has 1 N–H and O–H groups in total. The third kappa shape index (κ3) is 4.08. The van der Waals surface area contributed by atoms with E-state index in [4.69, 9.17) is 4.74 Å². The second-order valence-electron chi connectivity index (χ2n) is 7.16. The van der Waals surface area contributed by atoms with E-state index in [9.17, 15) is 0 Å². The normalized spacial score (nSPS) is 14.0. The highest BCUT2D eigenvalue weighted by Gasteiger charge is 2.20. The number of para-hydroxylation sites is 2. The molecule has 0 atom stereocenters. The lowest BCUT2D eigenvalue weighted by molar-refractivity contribution is 0.417. The van der Waals surface area contributed by atoms with Crippen molar-refractivity contribution in [2.75, 3.05) is 48.4 Å². The number of anilines is 4. The van der Waals surface area contributed by atoms with E-state index >= 15 is 0 Å². The molecule has 1 aliphatic rings. The molecule has 0 saturated carbocycles. The molecule has 1 aromatic heterocycles. The number of hydrogen-bond acceptors (Lipinski definition) is 7. The summed E-state index contributed by atoms with van der Waals surface area (Å²) in [5, 5.41) is 11.5. The molecule has 7 nitrogen and oxygen atoms in total. The van der Waals surface area contributed by atoms with Crippen molar-refractivity contribution in [2.45, 2.75) is 13.8 Å². The summed E-state index contributed by atoms with van der Waals surface area (Å²) < 4.78 is 5.38. The van der Waals surface area contributed by atoms with E-state index in [1.807, 2.05) is 24.3 Å². The van der Waals surface area contributed by atoms with E-state index in [2.05, 4.69) is 62.3 Å². The molecule has 150 valence electrons. The summed E-state index contributed by atoms with van der Waals surface area (Å²) in [5.74, 6) is 2.03. The zero-order valence-electron chi connectivity index (χ0n) is 17.1. The maximum atomic E-state index is 5.38. The van der Waals surface area contributed by atoms with Crippen LogP contribution in [0.25, 0.3) is 0 Å². The Hall–Kier alpha value is -3.35. The van der Waals surface area contributed by atoms with E-state index in [0.717, 1.165) is 43.4 Å². The minimum absolute atomic E-state index is 0.462. The minimum Gasteiger partial charge on any atom is -0.495 e. The Morgan fingerprint density at radius 1 is 0.931 bits per heavy atom. The van der Waals surface area contributed by atoms with Gasteiger partial charge in [0.25, 0.3) is 0 Å². The van der Waals surface area contributed by atoms with Crippen LogP contribution in [0.1, 0.15) is 11.1 Å². The Morgan fingerprint density at radius 3 is 2.48 bits per heavy atom. The van der Waals surface area contributed by atoms with Crippen molar-refractivity contribution in [2.24, 2.45) is 0 Å². The Labute approximate surface area is 171 Å². The number of aromatic nitrogens is 3. The van der Waals surface area contributed by atoms with E-state index in [0.29, 0.717) is 5.95 Å². The van der Waals surface area contributed by atoms with Crippen LogP contribution in [0.2, 0.25) is 0 Å². The van der Waals surface area contributed by atoms with Gasteiger partial charge in [-0.15, -0.1) is 5.10 Å². The molecular weight excluding hydrogens is 364 g/mol. The number of nitrogens with zero attached hydrogens (tertiary/aromatic N) is 5. The molecule has 2 aromatic carbocycles. The van der Waals surface area contributed by atoms with Gasteiger partial charge in [0.05, 0.1) is 19.0 Å². The summed E-state index contributed by atoms with van der Waals surface area (Å²) in [4.78, 5) is 9.36. The number of piperazine rings is 1. The maximum Gasteiger partial charge on any atom is 0.249 e. The quantitative estimate of drug-likeness (QED) is 0.714. The van der Waals surface area contributed by atoms with E-state index < -0.39 is 0 Å². The van der Waals surface area contributed by atoms with Crippen LogP contribution in [-0.4, -0.2) is 48.5 Å². The lowest BCUT2D eigenvalue weighted by atomic mass is 10.1. The fourth-order valence-corrected chi connectivity index (χ4v) is 3.62. The monoisotopic (exact) mass is 390 g/mol. The first-order valence-electron chi connectivity index (χ1n) is 9.81. The molecule has 1 aliphatic heterocycles. The largest absolute Gasteiger partial charge is 0.495 e. The molecule has 0 bridgehead atoms. The second kappa shape index (κ2) is 8.34. The second-order valence-corrected chi connectivity index (χ2v) is 7.16. The Morgan fingerprint density at radius 2 is 1.69 bits per heavy atom. The number of ether oxygens (including phenoxy) is 1. The molecule has 4 rings (SSSR count). The number of rotatable bonds is 5. The highest BCUT2D eigenvalue weighted by atomic mass is 16.5. The smallest absolute Gasteiger partial charge is 0.249 e. The van der Waals surface area contributed by atoms with Gasteiger partial charge in [0.15, 0.2) is 5.82 Å². The summed E-state index contributed by atoms with van der Waals surface area (Å²) in [5.41, 5.74) is 4.82. The van der Waals surface area contributed by atoms with Crippen molar-refractivity contribution in [3.05, 3.63) is 59.8 Å². The molecule has 29 heavy (non-hydrogen) atoms. The first-order valence-corrected chi connectivity index (χ1v) is 9.81. The Bertz CT molecular complexity index is 985. The van der Waals surface area contributed by atoms with Gasteiger partial charge in [-0.3, -0.25) is 0 Å². The molecule has 0 unspecified atom stereocenters. The van der Waals surface area contributed by atoms with Gasteiger partial charge in [-0.05, 0) is 43.2 Å². The molecule has 1 fully saturated rings. The number of methoxy groups -OCH3 is 1. The third-order valence-corrected chi connectivity index (χ3v) is 5.42. The van der Waals surface area contributed by atoms with Crippen LogP contribution in [0, 0.1) is 13.8 Å². The van der Waals surface area contributed by atoms with Gasteiger partial charge in [-0.2, -0.15) is 10.1 Å². The third-order valence-electron chi connectivity index (χ3n) is 5.42. The fraction of sp³-hybridized carbons (Fsp3) is 0.318. The fourth-order valence-electron chi connectivity index (χ4n) is 3.62. The van der Waals surface area contributed by atoms with E-state index in [-0.39, 0.29) is 0 Å². The zero-order valence-corrected chi connectivity index (χ0v) is 17.1. The Balaban J connectivity index is 1.45. The SMILES string of the molecule is COc1ccccc1Nc1nncc(N2CCN(c3cccc(C)c3C)CC2)n1. The van der Waals surface area contributed by atoms with Crippen molar-refractivity contribution in [3.8, 4) is 5.75 Å². The van der Waals surface area contributed by atoms with Crippen molar-refractivity contribution in [3.63, 3.8) is 0 Å². The zero-order chi connectivity index (χ0) is 20.2. The summed E-state index contributed by atoms with van der Waals surface area (Å²) in [6.45, 7) is 8.03. The number of aryl methyl sites for hydroxylation is 1. The molecule has 0 spiro atoms. The topological polar surface area (TPSA) is 66.4 Å². The van der Waals surface area contributed by atoms with Crippen LogP contribution < -0.4 is 19.9 Å². The van der Waals surface area contributed by atoms with Crippen LogP contribution in [0.15, 0.2) is 48.7 Å². The molecule has 0 amide bonds. The van der Waals surface area contributed by atoms with E-state index in [1.54, 1.807) is 13.3 Å². The van der Waals surface area contributed by atoms with Crippen LogP contribution in [0.5, 0.6) is 5.75 Å². The first kappa shape index (κ1) is 19.0. The van der Waals surface area contributed by atoms with Crippen molar-refractivity contribution < 1.29 is 4.74 Å². The van der Waals surface area contributed by atoms with Crippen molar-refractivity contribution in [1.82, 2.24) is 15.2 Å². The summed E-state index contributed by atoms with van der Waals surface area (Å²) in [6.07, 6.45) is 1.72. The standard InChI is InChI=1S/C22H26N6O/c1-16-7-6-9-19(17(16)2)27-11-13-28(14-12-27)21-15-23-26-22(25-21)24-18-8-4-5-10-20(18)29-3/h4-10,15H,11-14H2,1-3H3,(H,24,25,26). The lowest BCUT2D eigenvalue weighted by Crippen LogP contribution is -2.47. The van der Waals surface area contributed by atoms with Gasteiger partial charge in [0.2, 0.25) is 5.95 Å². The highest BCUT2D eigenvalue weighted by molar-refractivity contribution is 5.63. The summed E-state index contributed by atoms with van der Waals surface area (Å²) in [7, 11) is 1.64. The number of hydrogen-bond donors (Lipinski definition) is 1. The summed E-state index contributed by atoms with van der Waals surface area (Å²) in [6, 6.07) is 14.2. The van der Waals surface area contributed by atoms with Crippen LogP contribution in [0.3, 0.4) is 0 Å². The molecule has 0 aliphatic carbocycles. The van der Waals surface area contributed by atoms with Crippen molar-refractivity contribution in [1.29, 1.82) is 0 Å². The van der Waals surface area contributed by atoms with Gasteiger partial charge in [0, 0.05) is 31.9 Å². The van der Waals surface area contributed by atoms with Gasteiger partial charge < -0.3 is 19.9 Å². The summed E-state index contributed by atoms with van der Waals surface area (Å²) >= 11 is 0. The highest BCUT2D eigenvalue weighted by Crippen LogP contribution is 2.27. The maximum absolute atomic E-state index is 5.38. The lowest BCUT2D eigenvalue weighted by Gasteiger charge is -2.37.